The summed E-state index contributed by atoms with van der Waals surface area (Å²) in [6.07, 6.45) is 105. The van der Waals surface area contributed by atoms with E-state index >= 15 is 0 Å². The monoisotopic (exact) mass is 1300 g/mol. The van der Waals surface area contributed by atoms with E-state index in [1.165, 1.54) is 161 Å². The number of allylic oxidation sites excluding steroid dienone is 24. The van der Waals surface area contributed by atoms with Crippen LogP contribution in [0.3, 0.4) is 0 Å². The average molecular weight is 1300 g/mol. The highest BCUT2D eigenvalue weighted by molar-refractivity contribution is 7.47. The summed E-state index contributed by atoms with van der Waals surface area (Å²) >= 11 is 0. The van der Waals surface area contributed by atoms with Gasteiger partial charge in [0.2, 0.25) is 0 Å². The van der Waals surface area contributed by atoms with Crippen LogP contribution < -0.4 is 0 Å². The summed E-state index contributed by atoms with van der Waals surface area (Å²) < 4.78 is 34.8. The van der Waals surface area contributed by atoms with Gasteiger partial charge in [-0.1, -0.05) is 327 Å². The fourth-order valence-electron chi connectivity index (χ4n) is 10.2. The molecule has 2 atom stereocenters. The minimum Gasteiger partial charge on any atom is -0.462 e. The van der Waals surface area contributed by atoms with E-state index in [1.54, 1.807) is 0 Å². The zero-order chi connectivity index (χ0) is 66.9. The Morgan fingerprint density at radius 1 is 0.337 bits per heavy atom. The van der Waals surface area contributed by atoms with Crippen molar-refractivity contribution in [3.63, 3.8) is 0 Å². The van der Waals surface area contributed by atoms with Crippen molar-refractivity contribution in [2.75, 3.05) is 47.5 Å². The Balaban J connectivity index is 4.01. The lowest BCUT2D eigenvalue weighted by molar-refractivity contribution is -0.870. The van der Waals surface area contributed by atoms with Crippen molar-refractivity contribution in [2.45, 2.75) is 315 Å². The number of phosphoric ester groups is 1. The maximum absolute atomic E-state index is 12.9. The number of quaternary nitrogens is 1. The summed E-state index contributed by atoms with van der Waals surface area (Å²) in [5.41, 5.74) is 0. The maximum Gasteiger partial charge on any atom is 0.472 e. The summed E-state index contributed by atoms with van der Waals surface area (Å²) in [6, 6.07) is 0. The van der Waals surface area contributed by atoms with E-state index in [-0.39, 0.29) is 32.0 Å². The van der Waals surface area contributed by atoms with Crippen molar-refractivity contribution in [3.8, 4) is 0 Å². The molecule has 0 saturated heterocycles. The van der Waals surface area contributed by atoms with E-state index in [2.05, 4.69) is 160 Å². The Kier molecular flexibility index (Phi) is 68.0. The number of carbonyl (C=O) groups is 2. The molecule has 0 amide bonds. The molecule has 0 spiro atoms. The van der Waals surface area contributed by atoms with Crippen LogP contribution in [0, 0.1) is 0 Å². The van der Waals surface area contributed by atoms with E-state index in [4.69, 9.17) is 18.5 Å². The van der Waals surface area contributed by atoms with Crippen LogP contribution in [-0.2, 0) is 32.7 Å². The topological polar surface area (TPSA) is 108 Å². The number of phosphoric acid groups is 1. The first-order chi connectivity index (χ1) is 45.0. The van der Waals surface area contributed by atoms with Gasteiger partial charge in [-0.2, -0.15) is 0 Å². The third-order valence-corrected chi connectivity index (χ3v) is 16.8. The largest absolute Gasteiger partial charge is 0.472 e. The zero-order valence-corrected chi connectivity index (χ0v) is 60.9. The number of esters is 2. The Bertz CT molecular complexity index is 2070. The lowest BCUT2D eigenvalue weighted by Gasteiger charge is -2.24. The molecule has 0 saturated carbocycles. The van der Waals surface area contributed by atoms with Gasteiger partial charge in [-0.25, -0.2) is 4.57 Å². The van der Waals surface area contributed by atoms with Gasteiger partial charge in [0, 0.05) is 12.8 Å². The molecule has 0 aromatic carbocycles. The highest BCUT2D eigenvalue weighted by atomic mass is 31.2. The highest BCUT2D eigenvalue weighted by Crippen LogP contribution is 2.43. The van der Waals surface area contributed by atoms with Crippen molar-refractivity contribution in [2.24, 2.45) is 0 Å². The molecule has 0 radical (unpaired) electrons. The van der Waals surface area contributed by atoms with Crippen LogP contribution in [0.5, 0.6) is 0 Å². The number of ether oxygens (including phenoxy) is 2. The first kappa shape index (κ1) is 87.9. The molecule has 526 valence electrons. The summed E-state index contributed by atoms with van der Waals surface area (Å²) in [5.74, 6) is -0.794. The number of unbranched alkanes of at least 4 members (excludes halogenated alkanes) is 30. The Morgan fingerprint density at radius 3 is 0.870 bits per heavy atom. The third kappa shape index (κ3) is 74.9. The van der Waals surface area contributed by atoms with Gasteiger partial charge in [0.15, 0.2) is 6.10 Å². The summed E-state index contributed by atoms with van der Waals surface area (Å²) in [5, 5.41) is 0. The van der Waals surface area contributed by atoms with E-state index in [9.17, 15) is 19.0 Å². The van der Waals surface area contributed by atoms with Gasteiger partial charge >= 0.3 is 19.8 Å². The first-order valence-corrected chi connectivity index (χ1v) is 39.1. The zero-order valence-electron chi connectivity index (χ0n) is 60.0. The first-order valence-electron chi connectivity index (χ1n) is 37.6. The lowest BCUT2D eigenvalue weighted by Crippen LogP contribution is -2.37. The molecule has 1 N–H and O–H groups in total. The van der Waals surface area contributed by atoms with Crippen molar-refractivity contribution >= 4 is 19.8 Å². The van der Waals surface area contributed by atoms with Gasteiger partial charge in [0.05, 0.1) is 27.7 Å². The minimum atomic E-state index is -4.40. The number of nitrogens with zero attached hydrogens (tertiary/aromatic N) is 1. The predicted octanol–water partition coefficient (Wildman–Crippen LogP) is 24.9. The molecule has 9 nitrogen and oxygen atoms in total. The molecule has 0 heterocycles. The van der Waals surface area contributed by atoms with E-state index in [0.717, 1.165) is 116 Å². The molecular formula is C82H141NO8P+. The fourth-order valence-corrected chi connectivity index (χ4v) is 10.9. The van der Waals surface area contributed by atoms with Crippen LogP contribution in [-0.4, -0.2) is 74.9 Å². The second-order valence-corrected chi connectivity index (χ2v) is 27.4. The minimum absolute atomic E-state index is 0.0274. The Hall–Kier alpha value is -4.11. The van der Waals surface area contributed by atoms with Crippen LogP contribution in [0.15, 0.2) is 146 Å². The molecule has 92 heavy (non-hydrogen) atoms. The SMILES string of the molecule is CC/C=C\C/C=C\C/C=C\C/C=C\C/C=C\C/C=C\C/C=C\C/C=C\CCCCCCCCCCCCCCCCCCC(=O)OC(COC(=O)CCCCCCCCCCCCCCCC/C=C\C/C=C\C/C=C\C/C=C\CC)COP(=O)(O)OCC[N+](C)(C)C. The number of hydrogen-bond donors (Lipinski definition) is 1. The smallest absolute Gasteiger partial charge is 0.462 e. The highest BCUT2D eigenvalue weighted by Gasteiger charge is 2.27. The molecule has 0 aliphatic heterocycles. The number of likely N-dealkylation sites (N-methyl/N-ethyl adjacent to an activating group) is 1. The van der Waals surface area contributed by atoms with Gasteiger partial charge in [-0.15, -0.1) is 0 Å². The molecule has 0 rings (SSSR count). The van der Waals surface area contributed by atoms with Crippen molar-refractivity contribution in [1.29, 1.82) is 0 Å². The van der Waals surface area contributed by atoms with Crippen LogP contribution >= 0.6 is 7.82 Å². The molecule has 0 aromatic heterocycles. The van der Waals surface area contributed by atoms with Crippen LogP contribution in [0.1, 0.15) is 309 Å². The van der Waals surface area contributed by atoms with E-state index in [1.807, 2.05) is 21.1 Å². The third-order valence-electron chi connectivity index (χ3n) is 15.9. The second-order valence-electron chi connectivity index (χ2n) is 25.9. The fraction of sp³-hybridized carbons (Fsp3) is 0.683. The van der Waals surface area contributed by atoms with Gasteiger partial charge in [0.1, 0.15) is 19.8 Å². The lowest BCUT2D eigenvalue weighted by atomic mass is 10.0. The standard InChI is InChI=1S/C82H140NO8P/c1-6-8-10-12-14-16-18-20-22-24-26-28-30-32-34-35-36-37-38-39-40-41-42-43-44-45-46-47-49-51-53-55-57-59-61-63-65-67-69-71-73-75-82(85)91-80(79-90-92(86,87)89-77-76-83(3,4)5)78-88-81(84)74-72-70-68-66-64-62-60-58-56-54-52-50-48-33-31-29-27-25-23-21-19-17-15-13-11-9-7-2/h8-11,14-17,20-23,26-29,32,34,36-37,39-40,42-43,80H,6-7,12-13,18-19,24-25,30-31,33,35,38,41,44-79H2,1-5H3/p+1/b10-8-,11-9-,16-14-,17-15-,22-20-,23-21-,28-26-,29-27-,34-32-,37-36-,40-39-,43-42-. The molecule has 10 heteroatoms. The quantitative estimate of drug-likeness (QED) is 0.0211. The summed E-state index contributed by atoms with van der Waals surface area (Å²) in [6.45, 7) is 4.23. The average Bonchev–Trinajstić information content (AvgIpc) is 2.23. The molecular weight excluding hydrogens is 1160 g/mol. The molecule has 0 aromatic rings. The second kappa shape index (κ2) is 71.2. The summed E-state index contributed by atoms with van der Waals surface area (Å²) in [4.78, 5) is 35.9. The Labute approximate surface area is 567 Å². The number of rotatable bonds is 68. The van der Waals surface area contributed by atoms with Gasteiger partial charge in [-0.3, -0.25) is 18.6 Å². The van der Waals surface area contributed by atoms with Crippen LogP contribution in [0.2, 0.25) is 0 Å². The molecule has 0 aliphatic rings. The Morgan fingerprint density at radius 2 is 0.587 bits per heavy atom. The van der Waals surface area contributed by atoms with Crippen molar-refractivity contribution in [3.05, 3.63) is 146 Å². The molecule has 0 aliphatic carbocycles. The molecule has 0 fully saturated rings. The van der Waals surface area contributed by atoms with Crippen molar-refractivity contribution < 1.29 is 42.1 Å². The van der Waals surface area contributed by atoms with Crippen LogP contribution in [0.4, 0.5) is 0 Å². The van der Waals surface area contributed by atoms with Gasteiger partial charge in [-0.05, 0) is 116 Å². The van der Waals surface area contributed by atoms with Crippen molar-refractivity contribution in [1.82, 2.24) is 0 Å². The number of hydrogen-bond acceptors (Lipinski definition) is 7. The van der Waals surface area contributed by atoms with E-state index in [0.29, 0.717) is 17.4 Å². The predicted molar refractivity (Wildman–Crippen MR) is 399 cm³/mol. The van der Waals surface area contributed by atoms with E-state index < -0.39 is 26.5 Å². The molecule has 0 bridgehead atoms. The molecule has 2 unspecified atom stereocenters. The normalized spacial score (nSPS) is 13.9. The van der Waals surface area contributed by atoms with Gasteiger partial charge in [0.25, 0.3) is 0 Å². The maximum atomic E-state index is 12.9. The van der Waals surface area contributed by atoms with Gasteiger partial charge < -0.3 is 18.9 Å². The van der Waals surface area contributed by atoms with Crippen LogP contribution in [0.25, 0.3) is 0 Å². The number of carbonyl (C=O) groups excluding carboxylic acids is 2. The summed E-state index contributed by atoms with van der Waals surface area (Å²) in [7, 11) is 1.47.